The molecule has 3 N–H and O–H groups in total. The lowest BCUT2D eigenvalue weighted by atomic mass is 10.3. The van der Waals surface area contributed by atoms with Gasteiger partial charge in [-0.25, -0.2) is 4.98 Å². The summed E-state index contributed by atoms with van der Waals surface area (Å²) < 4.78 is 1.25. The average Bonchev–Trinajstić information content (AvgIpc) is 2.89. The molecule has 3 rings (SSSR count). The number of rotatable bonds is 1. The van der Waals surface area contributed by atoms with E-state index in [4.69, 9.17) is 5.73 Å². The van der Waals surface area contributed by atoms with Crippen molar-refractivity contribution >= 4 is 11.7 Å². The fourth-order valence-electron chi connectivity index (χ4n) is 1.50. The molecular weight excluding hydrogens is 182 g/mol. The van der Waals surface area contributed by atoms with E-state index in [1.807, 2.05) is 0 Å². The number of nitrogens with zero attached hydrogens (tertiary/aromatic N) is 3. The summed E-state index contributed by atoms with van der Waals surface area (Å²) in [6.07, 6.45) is 2.23. The fraction of sp³-hybridized carbons (Fsp3) is 0.375. The van der Waals surface area contributed by atoms with Gasteiger partial charge in [0.1, 0.15) is 0 Å². The molecule has 6 heteroatoms. The first-order valence-corrected chi connectivity index (χ1v) is 4.49. The highest BCUT2D eigenvalue weighted by Gasteiger charge is 2.26. The van der Waals surface area contributed by atoms with Crippen LogP contribution in [0, 0.1) is 0 Å². The quantitative estimate of drug-likeness (QED) is 0.657. The Morgan fingerprint density at radius 1 is 1.50 bits per heavy atom. The first-order chi connectivity index (χ1) is 6.74. The van der Waals surface area contributed by atoms with Crippen LogP contribution in [0.4, 0.5) is 5.95 Å². The number of aromatic nitrogens is 4. The third kappa shape index (κ3) is 1.00. The summed E-state index contributed by atoms with van der Waals surface area (Å²) in [4.78, 5) is 19.7. The van der Waals surface area contributed by atoms with E-state index in [1.165, 1.54) is 4.52 Å². The van der Waals surface area contributed by atoms with Crippen molar-refractivity contribution in [3.8, 4) is 0 Å². The second-order valence-electron chi connectivity index (χ2n) is 3.54. The first-order valence-electron chi connectivity index (χ1n) is 4.49. The highest BCUT2D eigenvalue weighted by Crippen LogP contribution is 2.38. The second kappa shape index (κ2) is 2.34. The lowest BCUT2D eigenvalue weighted by Crippen LogP contribution is -2.15. The van der Waals surface area contributed by atoms with Gasteiger partial charge in [-0.05, 0) is 12.8 Å². The van der Waals surface area contributed by atoms with Crippen LogP contribution >= 0.6 is 0 Å². The Hall–Kier alpha value is -1.85. The molecule has 6 nitrogen and oxygen atoms in total. The average molecular weight is 191 g/mol. The minimum Gasteiger partial charge on any atom is -0.368 e. The molecule has 0 aliphatic heterocycles. The highest BCUT2D eigenvalue weighted by molar-refractivity contribution is 5.35. The van der Waals surface area contributed by atoms with Crippen LogP contribution in [0.25, 0.3) is 5.78 Å². The topological polar surface area (TPSA) is 89.1 Å². The smallest absolute Gasteiger partial charge is 0.274 e. The van der Waals surface area contributed by atoms with E-state index in [-0.39, 0.29) is 11.5 Å². The minimum atomic E-state index is -0.152. The van der Waals surface area contributed by atoms with Crippen molar-refractivity contribution in [3.63, 3.8) is 0 Å². The third-order valence-electron chi connectivity index (χ3n) is 2.36. The van der Waals surface area contributed by atoms with Crippen molar-refractivity contribution in [1.29, 1.82) is 0 Å². The van der Waals surface area contributed by atoms with Crippen LogP contribution in [0.5, 0.6) is 0 Å². The molecular formula is C8H9N5O. The molecule has 2 heterocycles. The van der Waals surface area contributed by atoms with Gasteiger partial charge in [-0.2, -0.15) is 9.50 Å². The summed E-state index contributed by atoms with van der Waals surface area (Å²) in [6.45, 7) is 0. The van der Waals surface area contributed by atoms with Gasteiger partial charge in [-0.1, -0.05) is 0 Å². The number of nitrogen functional groups attached to an aromatic ring is 1. The Morgan fingerprint density at radius 2 is 2.29 bits per heavy atom. The Kier molecular flexibility index (Phi) is 1.26. The number of hydrogen-bond acceptors (Lipinski definition) is 4. The van der Waals surface area contributed by atoms with Crippen LogP contribution in [0.2, 0.25) is 0 Å². The van der Waals surface area contributed by atoms with Crippen molar-refractivity contribution in [2.45, 2.75) is 18.8 Å². The van der Waals surface area contributed by atoms with Gasteiger partial charge in [0.15, 0.2) is 0 Å². The molecule has 0 aromatic carbocycles. The van der Waals surface area contributed by atoms with E-state index in [0.717, 1.165) is 18.5 Å². The molecule has 0 spiro atoms. The van der Waals surface area contributed by atoms with Gasteiger partial charge < -0.3 is 5.73 Å². The predicted molar refractivity (Wildman–Crippen MR) is 50.0 cm³/mol. The van der Waals surface area contributed by atoms with Crippen LogP contribution in [0.3, 0.4) is 0 Å². The summed E-state index contributed by atoms with van der Waals surface area (Å²) in [7, 11) is 0. The molecule has 0 amide bonds. The molecule has 2 aromatic heterocycles. The number of aromatic amines is 1. The highest BCUT2D eigenvalue weighted by atomic mass is 16.1. The van der Waals surface area contributed by atoms with Gasteiger partial charge in [0.05, 0.1) is 5.69 Å². The van der Waals surface area contributed by atoms with Gasteiger partial charge in [0, 0.05) is 12.0 Å². The molecule has 14 heavy (non-hydrogen) atoms. The normalized spacial score (nSPS) is 16.3. The molecule has 1 aliphatic rings. The van der Waals surface area contributed by atoms with Crippen molar-refractivity contribution in [1.82, 2.24) is 19.6 Å². The molecule has 0 saturated heterocycles. The lowest BCUT2D eigenvalue weighted by molar-refractivity contribution is 0.874. The maximum atomic E-state index is 11.5. The van der Waals surface area contributed by atoms with Gasteiger partial charge in [0.2, 0.25) is 5.95 Å². The van der Waals surface area contributed by atoms with Gasteiger partial charge in [-0.15, -0.1) is 0 Å². The van der Waals surface area contributed by atoms with Crippen LogP contribution < -0.4 is 11.3 Å². The summed E-state index contributed by atoms with van der Waals surface area (Å²) >= 11 is 0. The molecule has 0 atom stereocenters. The van der Waals surface area contributed by atoms with E-state index < -0.39 is 0 Å². The number of anilines is 1. The van der Waals surface area contributed by atoms with Crippen molar-refractivity contribution < 1.29 is 0 Å². The van der Waals surface area contributed by atoms with Crippen LogP contribution in [0.15, 0.2) is 10.9 Å². The summed E-state index contributed by atoms with van der Waals surface area (Å²) in [5.41, 5.74) is 6.12. The molecule has 0 radical (unpaired) electrons. The molecule has 1 fully saturated rings. The number of H-pyrrole nitrogens is 1. The number of nitrogens with two attached hydrogens (primary N) is 1. The standard InChI is InChI=1S/C8H9N5O/c9-7-11-8-10-5(4-1-2-4)3-6(14)13(8)12-7/h3-4H,1-2H2,(H3,9,10,11,12). The Morgan fingerprint density at radius 3 is 3.00 bits per heavy atom. The zero-order valence-electron chi connectivity index (χ0n) is 7.40. The van der Waals surface area contributed by atoms with Crippen molar-refractivity contribution in [2.24, 2.45) is 0 Å². The van der Waals surface area contributed by atoms with Crippen molar-refractivity contribution in [3.05, 3.63) is 22.1 Å². The minimum absolute atomic E-state index is 0.152. The molecule has 2 aromatic rings. The zero-order chi connectivity index (χ0) is 9.71. The zero-order valence-corrected chi connectivity index (χ0v) is 7.40. The SMILES string of the molecule is Nc1nc2nc(C3CC3)cc(=O)n2[nH]1. The second-order valence-corrected chi connectivity index (χ2v) is 3.54. The number of nitrogens with one attached hydrogen (secondary N) is 1. The monoisotopic (exact) mass is 191 g/mol. The first kappa shape index (κ1) is 7.54. The van der Waals surface area contributed by atoms with E-state index in [0.29, 0.717) is 11.7 Å². The van der Waals surface area contributed by atoms with Crippen LogP contribution in [-0.2, 0) is 0 Å². The van der Waals surface area contributed by atoms with E-state index in [1.54, 1.807) is 6.07 Å². The molecule has 1 saturated carbocycles. The molecule has 0 unspecified atom stereocenters. The lowest BCUT2D eigenvalue weighted by Gasteiger charge is -1.95. The Bertz CT molecular complexity index is 550. The summed E-state index contributed by atoms with van der Waals surface area (Å²) in [6, 6.07) is 1.54. The Labute approximate surface area is 78.8 Å². The summed E-state index contributed by atoms with van der Waals surface area (Å²) in [5, 5.41) is 2.62. The van der Waals surface area contributed by atoms with Crippen LogP contribution in [-0.4, -0.2) is 19.6 Å². The predicted octanol–water partition coefficient (Wildman–Crippen LogP) is -0.123. The molecule has 0 bridgehead atoms. The third-order valence-corrected chi connectivity index (χ3v) is 2.36. The fourth-order valence-corrected chi connectivity index (χ4v) is 1.50. The molecule has 1 aliphatic carbocycles. The van der Waals surface area contributed by atoms with Gasteiger partial charge >= 0.3 is 0 Å². The van der Waals surface area contributed by atoms with E-state index in [2.05, 4.69) is 15.1 Å². The summed E-state index contributed by atoms with van der Waals surface area (Å²) in [5.74, 6) is 1.02. The maximum absolute atomic E-state index is 11.5. The maximum Gasteiger partial charge on any atom is 0.274 e. The van der Waals surface area contributed by atoms with Crippen molar-refractivity contribution in [2.75, 3.05) is 5.73 Å². The van der Waals surface area contributed by atoms with Gasteiger partial charge in [0.25, 0.3) is 11.3 Å². The molecule has 72 valence electrons. The Balaban J connectivity index is 2.32. The largest absolute Gasteiger partial charge is 0.368 e. The number of fused-ring (bicyclic) bond motifs is 1. The number of hydrogen-bond donors (Lipinski definition) is 2. The van der Waals surface area contributed by atoms with E-state index >= 15 is 0 Å². The van der Waals surface area contributed by atoms with Gasteiger partial charge in [-0.3, -0.25) is 9.89 Å². The van der Waals surface area contributed by atoms with E-state index in [9.17, 15) is 4.79 Å². The van der Waals surface area contributed by atoms with Crippen LogP contribution in [0.1, 0.15) is 24.5 Å².